The summed E-state index contributed by atoms with van der Waals surface area (Å²) in [6.45, 7) is 1.68. The van der Waals surface area contributed by atoms with Gasteiger partial charge in [0.2, 0.25) is 5.91 Å². The van der Waals surface area contributed by atoms with Crippen LogP contribution in [-0.2, 0) is 11.2 Å². The average Bonchev–Trinajstić information content (AvgIpc) is 2.45. The fraction of sp³-hybridized carbons (Fsp3) is 0.235. The van der Waals surface area contributed by atoms with Crippen LogP contribution in [0.2, 0.25) is 0 Å². The summed E-state index contributed by atoms with van der Waals surface area (Å²) in [4.78, 5) is 12.0. The SMILES string of the molecule is CC(O)c1ccccc1NC(=O)CCc1cccc(N)c1. The van der Waals surface area contributed by atoms with Crippen LogP contribution in [0.25, 0.3) is 0 Å². The number of hydrogen-bond donors (Lipinski definition) is 3. The van der Waals surface area contributed by atoms with Crippen LogP contribution in [0.15, 0.2) is 48.5 Å². The van der Waals surface area contributed by atoms with Gasteiger partial charge >= 0.3 is 0 Å². The number of nitrogens with one attached hydrogen (secondary N) is 1. The maximum absolute atomic E-state index is 12.0. The first kappa shape index (κ1) is 15.1. The molecule has 2 aromatic rings. The molecule has 2 rings (SSSR count). The maximum atomic E-state index is 12.0. The molecule has 0 aliphatic carbocycles. The number of carbonyl (C=O) groups excluding carboxylic acids is 1. The van der Waals surface area contributed by atoms with Gasteiger partial charge in [-0.2, -0.15) is 0 Å². The molecule has 1 atom stereocenters. The van der Waals surface area contributed by atoms with Crippen molar-refractivity contribution in [1.29, 1.82) is 0 Å². The third-order valence-corrected chi connectivity index (χ3v) is 3.28. The lowest BCUT2D eigenvalue weighted by molar-refractivity contribution is -0.116. The smallest absolute Gasteiger partial charge is 0.224 e. The number of anilines is 2. The summed E-state index contributed by atoms with van der Waals surface area (Å²) >= 11 is 0. The number of benzene rings is 2. The zero-order valence-corrected chi connectivity index (χ0v) is 12.0. The van der Waals surface area contributed by atoms with E-state index in [0.717, 1.165) is 11.1 Å². The van der Waals surface area contributed by atoms with Gasteiger partial charge in [0.25, 0.3) is 0 Å². The van der Waals surface area contributed by atoms with Crippen molar-refractivity contribution in [1.82, 2.24) is 0 Å². The first-order chi connectivity index (χ1) is 10.1. The molecule has 1 unspecified atom stereocenters. The Hall–Kier alpha value is -2.33. The zero-order valence-electron chi connectivity index (χ0n) is 12.0. The standard InChI is InChI=1S/C17H20N2O2/c1-12(20)15-7-2-3-8-16(15)19-17(21)10-9-13-5-4-6-14(18)11-13/h2-8,11-12,20H,9-10,18H2,1H3,(H,19,21). The van der Waals surface area contributed by atoms with E-state index in [1.807, 2.05) is 36.4 Å². The van der Waals surface area contributed by atoms with E-state index >= 15 is 0 Å². The monoisotopic (exact) mass is 284 g/mol. The highest BCUT2D eigenvalue weighted by Crippen LogP contribution is 2.22. The molecule has 0 bridgehead atoms. The van der Waals surface area contributed by atoms with Crippen molar-refractivity contribution in [2.45, 2.75) is 25.9 Å². The molecule has 0 aliphatic heterocycles. The number of amides is 1. The fourth-order valence-corrected chi connectivity index (χ4v) is 2.19. The fourth-order valence-electron chi connectivity index (χ4n) is 2.19. The number of aryl methyl sites for hydroxylation is 1. The van der Waals surface area contributed by atoms with Crippen LogP contribution in [0.3, 0.4) is 0 Å². The molecule has 4 N–H and O–H groups in total. The summed E-state index contributed by atoms with van der Waals surface area (Å²) in [5, 5.41) is 12.5. The molecular weight excluding hydrogens is 264 g/mol. The van der Waals surface area contributed by atoms with E-state index in [9.17, 15) is 9.90 Å². The van der Waals surface area contributed by atoms with Crippen LogP contribution in [0, 0.1) is 0 Å². The summed E-state index contributed by atoms with van der Waals surface area (Å²) in [7, 11) is 0. The summed E-state index contributed by atoms with van der Waals surface area (Å²) in [6, 6.07) is 14.8. The van der Waals surface area contributed by atoms with Gasteiger partial charge in [0.1, 0.15) is 0 Å². The number of nitrogen functional groups attached to an aromatic ring is 1. The lowest BCUT2D eigenvalue weighted by Crippen LogP contribution is -2.14. The van der Waals surface area contributed by atoms with Crippen molar-refractivity contribution in [3.63, 3.8) is 0 Å². The lowest BCUT2D eigenvalue weighted by atomic mass is 10.1. The minimum absolute atomic E-state index is 0.0782. The van der Waals surface area contributed by atoms with Crippen molar-refractivity contribution in [2.24, 2.45) is 0 Å². The summed E-state index contributed by atoms with van der Waals surface area (Å²) < 4.78 is 0. The highest BCUT2D eigenvalue weighted by molar-refractivity contribution is 5.91. The minimum Gasteiger partial charge on any atom is -0.399 e. The Labute approximate surface area is 124 Å². The molecule has 2 aromatic carbocycles. The van der Waals surface area contributed by atoms with Crippen LogP contribution in [0.1, 0.15) is 30.6 Å². The van der Waals surface area contributed by atoms with E-state index in [4.69, 9.17) is 5.73 Å². The van der Waals surface area contributed by atoms with Crippen molar-refractivity contribution < 1.29 is 9.90 Å². The highest BCUT2D eigenvalue weighted by atomic mass is 16.3. The number of carbonyl (C=O) groups is 1. The predicted molar refractivity (Wildman–Crippen MR) is 84.9 cm³/mol. The second-order valence-corrected chi connectivity index (χ2v) is 5.06. The van der Waals surface area contributed by atoms with Gasteiger partial charge in [0.05, 0.1) is 6.10 Å². The number of nitrogens with two attached hydrogens (primary N) is 1. The van der Waals surface area contributed by atoms with Gasteiger partial charge in [-0.3, -0.25) is 4.79 Å². The Morgan fingerprint density at radius 3 is 2.71 bits per heavy atom. The molecular formula is C17H20N2O2. The molecule has 0 saturated heterocycles. The van der Waals surface area contributed by atoms with E-state index in [1.165, 1.54) is 0 Å². The van der Waals surface area contributed by atoms with Crippen LogP contribution in [0.4, 0.5) is 11.4 Å². The number of rotatable bonds is 5. The van der Waals surface area contributed by atoms with Crippen LogP contribution in [-0.4, -0.2) is 11.0 Å². The van der Waals surface area contributed by atoms with E-state index in [0.29, 0.717) is 24.2 Å². The number of aliphatic hydroxyl groups is 1. The number of para-hydroxylation sites is 1. The molecule has 0 aliphatic rings. The Morgan fingerprint density at radius 2 is 2.00 bits per heavy atom. The van der Waals surface area contributed by atoms with E-state index in [1.54, 1.807) is 19.1 Å². The van der Waals surface area contributed by atoms with Gasteiger partial charge in [0, 0.05) is 23.4 Å². The zero-order chi connectivity index (χ0) is 15.2. The second kappa shape index (κ2) is 6.90. The number of hydrogen-bond acceptors (Lipinski definition) is 3. The van der Waals surface area contributed by atoms with Gasteiger partial charge in [-0.05, 0) is 37.1 Å². The lowest BCUT2D eigenvalue weighted by Gasteiger charge is -2.13. The van der Waals surface area contributed by atoms with E-state index in [-0.39, 0.29) is 5.91 Å². The molecule has 0 aromatic heterocycles. The topological polar surface area (TPSA) is 75.3 Å². The first-order valence-corrected chi connectivity index (χ1v) is 6.97. The Balaban J connectivity index is 1.96. The summed E-state index contributed by atoms with van der Waals surface area (Å²) in [5.74, 6) is -0.0782. The van der Waals surface area contributed by atoms with Crippen LogP contribution < -0.4 is 11.1 Å². The number of aliphatic hydroxyl groups excluding tert-OH is 1. The molecule has 0 saturated carbocycles. The molecule has 4 heteroatoms. The van der Waals surface area contributed by atoms with Gasteiger partial charge < -0.3 is 16.2 Å². The molecule has 0 fully saturated rings. The predicted octanol–water partition coefficient (Wildman–Crippen LogP) is 2.89. The Bertz CT molecular complexity index is 624. The molecule has 21 heavy (non-hydrogen) atoms. The average molecular weight is 284 g/mol. The maximum Gasteiger partial charge on any atom is 0.224 e. The van der Waals surface area contributed by atoms with Gasteiger partial charge in [0.15, 0.2) is 0 Å². The molecule has 1 amide bonds. The van der Waals surface area contributed by atoms with Gasteiger partial charge in [-0.15, -0.1) is 0 Å². The molecule has 4 nitrogen and oxygen atoms in total. The normalized spacial score (nSPS) is 11.9. The van der Waals surface area contributed by atoms with Crippen molar-refractivity contribution in [3.05, 3.63) is 59.7 Å². The van der Waals surface area contributed by atoms with Crippen molar-refractivity contribution in [2.75, 3.05) is 11.1 Å². The summed E-state index contributed by atoms with van der Waals surface area (Å²) in [5.41, 5.74) is 8.83. The summed E-state index contributed by atoms with van der Waals surface area (Å²) in [6.07, 6.45) is 0.390. The van der Waals surface area contributed by atoms with Crippen LogP contribution >= 0.6 is 0 Å². The third kappa shape index (κ3) is 4.33. The van der Waals surface area contributed by atoms with Crippen molar-refractivity contribution >= 4 is 17.3 Å². The molecule has 0 radical (unpaired) electrons. The van der Waals surface area contributed by atoms with Gasteiger partial charge in [-0.25, -0.2) is 0 Å². The quantitative estimate of drug-likeness (QED) is 0.739. The highest BCUT2D eigenvalue weighted by Gasteiger charge is 2.10. The van der Waals surface area contributed by atoms with Crippen molar-refractivity contribution in [3.8, 4) is 0 Å². The molecule has 0 spiro atoms. The van der Waals surface area contributed by atoms with Gasteiger partial charge in [-0.1, -0.05) is 30.3 Å². The molecule has 110 valence electrons. The largest absolute Gasteiger partial charge is 0.399 e. The van der Waals surface area contributed by atoms with E-state index < -0.39 is 6.10 Å². The second-order valence-electron chi connectivity index (χ2n) is 5.06. The minimum atomic E-state index is -0.615. The first-order valence-electron chi connectivity index (χ1n) is 6.97. The van der Waals surface area contributed by atoms with Crippen LogP contribution in [0.5, 0.6) is 0 Å². The van der Waals surface area contributed by atoms with E-state index in [2.05, 4.69) is 5.32 Å². The Morgan fingerprint density at radius 1 is 1.24 bits per heavy atom. The third-order valence-electron chi connectivity index (χ3n) is 3.28. The molecule has 0 heterocycles. The Kier molecular flexibility index (Phi) is 4.95.